The van der Waals surface area contributed by atoms with Crippen molar-refractivity contribution < 1.29 is 19.1 Å². The number of hydrogen-bond acceptors (Lipinski definition) is 4. The van der Waals surface area contributed by atoms with Gasteiger partial charge in [0.05, 0.1) is 5.56 Å². The maximum absolute atomic E-state index is 12.4. The molecule has 3 rings (SSSR count). The first-order valence-electron chi connectivity index (χ1n) is 9.97. The van der Waals surface area contributed by atoms with Gasteiger partial charge in [0.25, 0.3) is 5.91 Å². The maximum atomic E-state index is 12.4. The smallest absolute Gasteiger partial charge is 0.338 e. The highest BCUT2D eigenvalue weighted by atomic mass is 35.5. The van der Waals surface area contributed by atoms with Gasteiger partial charge in [-0.1, -0.05) is 18.0 Å². The second-order valence-corrected chi connectivity index (χ2v) is 7.81. The van der Waals surface area contributed by atoms with Crippen LogP contribution in [0.15, 0.2) is 42.5 Å². The second kappa shape index (κ2) is 9.79. The van der Waals surface area contributed by atoms with Crippen molar-refractivity contribution in [1.29, 1.82) is 0 Å². The van der Waals surface area contributed by atoms with Crippen LogP contribution in [-0.2, 0) is 9.53 Å². The zero-order valence-corrected chi connectivity index (χ0v) is 17.5. The number of rotatable bonds is 6. The summed E-state index contributed by atoms with van der Waals surface area (Å²) < 4.78 is 11.3. The third-order valence-corrected chi connectivity index (χ3v) is 5.45. The van der Waals surface area contributed by atoms with E-state index in [2.05, 4.69) is 5.32 Å². The third-order valence-electron chi connectivity index (χ3n) is 5.03. The van der Waals surface area contributed by atoms with Crippen molar-refractivity contribution >= 4 is 29.2 Å². The first kappa shape index (κ1) is 21.2. The van der Waals surface area contributed by atoms with E-state index in [1.807, 2.05) is 6.92 Å². The van der Waals surface area contributed by atoms with E-state index in [1.165, 1.54) is 6.42 Å². The molecule has 29 heavy (non-hydrogen) atoms. The van der Waals surface area contributed by atoms with Gasteiger partial charge >= 0.3 is 5.97 Å². The van der Waals surface area contributed by atoms with Crippen molar-refractivity contribution in [2.45, 2.75) is 58.2 Å². The average Bonchev–Trinajstić information content (AvgIpc) is 2.72. The molecule has 1 N–H and O–H groups in total. The monoisotopic (exact) mass is 415 g/mol. The fourth-order valence-electron chi connectivity index (χ4n) is 3.28. The van der Waals surface area contributed by atoms with Crippen LogP contribution in [0.2, 0.25) is 5.02 Å². The largest absolute Gasteiger partial charge is 0.481 e. The number of carbonyl (C=O) groups is 2. The fourth-order valence-corrected chi connectivity index (χ4v) is 3.40. The quantitative estimate of drug-likeness (QED) is 0.628. The molecule has 1 unspecified atom stereocenters. The Balaban J connectivity index is 1.53. The van der Waals surface area contributed by atoms with Crippen LogP contribution < -0.4 is 10.1 Å². The molecule has 6 heteroatoms. The van der Waals surface area contributed by atoms with Crippen LogP contribution in [0.3, 0.4) is 0 Å². The van der Waals surface area contributed by atoms with Crippen molar-refractivity contribution in [3.05, 3.63) is 58.6 Å². The summed E-state index contributed by atoms with van der Waals surface area (Å²) >= 11 is 6.01. The average molecular weight is 416 g/mol. The van der Waals surface area contributed by atoms with Gasteiger partial charge in [0.1, 0.15) is 11.9 Å². The Morgan fingerprint density at radius 3 is 2.41 bits per heavy atom. The van der Waals surface area contributed by atoms with E-state index in [9.17, 15) is 9.59 Å². The van der Waals surface area contributed by atoms with Crippen molar-refractivity contribution in [3.63, 3.8) is 0 Å². The van der Waals surface area contributed by atoms with E-state index in [1.54, 1.807) is 49.4 Å². The van der Waals surface area contributed by atoms with Crippen LogP contribution in [0.1, 0.15) is 54.9 Å². The number of carbonyl (C=O) groups excluding carboxylic acids is 2. The molecule has 5 nitrogen and oxygen atoms in total. The summed E-state index contributed by atoms with van der Waals surface area (Å²) in [5.41, 5.74) is 1.95. The lowest BCUT2D eigenvalue weighted by atomic mass is 9.98. The summed E-state index contributed by atoms with van der Waals surface area (Å²) in [6, 6.07) is 12.0. The Labute approximate surface area is 176 Å². The number of hydrogen-bond donors (Lipinski definition) is 1. The highest BCUT2D eigenvalue weighted by Crippen LogP contribution is 2.23. The van der Waals surface area contributed by atoms with E-state index < -0.39 is 6.10 Å². The standard InChI is InChI=1S/C23H26ClNO4/c1-15-14-20(12-13-21(15)24)28-16(2)22(26)25-18-10-8-17(9-11-18)23(27)29-19-6-4-3-5-7-19/h8-14,16,19H,3-7H2,1-2H3,(H,25,26). The Kier molecular flexibility index (Phi) is 7.15. The predicted molar refractivity (Wildman–Crippen MR) is 114 cm³/mol. The number of halogens is 1. The van der Waals surface area contributed by atoms with Crippen LogP contribution in [0, 0.1) is 6.92 Å². The summed E-state index contributed by atoms with van der Waals surface area (Å²) in [5.74, 6) is -0.0184. The van der Waals surface area contributed by atoms with Crippen molar-refractivity contribution in [2.24, 2.45) is 0 Å². The molecule has 0 aromatic heterocycles. The van der Waals surface area contributed by atoms with Gasteiger partial charge in [-0.25, -0.2) is 4.79 Å². The van der Waals surface area contributed by atoms with Crippen LogP contribution in [0.5, 0.6) is 5.75 Å². The SMILES string of the molecule is Cc1cc(OC(C)C(=O)Nc2ccc(C(=O)OC3CCCCC3)cc2)ccc1Cl. The fraction of sp³-hybridized carbons (Fsp3) is 0.391. The molecule has 2 aromatic rings. The van der Waals surface area contributed by atoms with Gasteiger partial charge in [0, 0.05) is 10.7 Å². The van der Waals surface area contributed by atoms with Gasteiger partial charge < -0.3 is 14.8 Å². The lowest BCUT2D eigenvalue weighted by Crippen LogP contribution is -2.30. The molecule has 0 heterocycles. The summed E-state index contributed by atoms with van der Waals surface area (Å²) in [6.07, 6.45) is 4.63. The molecule has 1 aliphatic carbocycles. The minimum Gasteiger partial charge on any atom is -0.481 e. The van der Waals surface area contributed by atoms with Gasteiger partial charge in [-0.2, -0.15) is 0 Å². The van der Waals surface area contributed by atoms with E-state index in [0.29, 0.717) is 22.0 Å². The van der Waals surface area contributed by atoms with Gasteiger partial charge in [-0.3, -0.25) is 4.79 Å². The van der Waals surface area contributed by atoms with E-state index in [0.717, 1.165) is 31.2 Å². The van der Waals surface area contributed by atoms with Crippen LogP contribution >= 0.6 is 11.6 Å². The summed E-state index contributed by atoms with van der Waals surface area (Å²) in [7, 11) is 0. The Morgan fingerprint density at radius 2 is 1.76 bits per heavy atom. The second-order valence-electron chi connectivity index (χ2n) is 7.40. The molecule has 0 spiro atoms. The number of esters is 1. The van der Waals surface area contributed by atoms with Crippen molar-refractivity contribution in [2.75, 3.05) is 5.32 Å². The van der Waals surface area contributed by atoms with Crippen molar-refractivity contribution in [3.8, 4) is 5.75 Å². The molecule has 0 saturated heterocycles. The normalized spacial score (nSPS) is 15.4. The molecule has 154 valence electrons. The lowest BCUT2D eigenvalue weighted by Gasteiger charge is -2.21. The minimum absolute atomic E-state index is 0.0186. The Morgan fingerprint density at radius 1 is 1.07 bits per heavy atom. The number of anilines is 1. The molecule has 2 aromatic carbocycles. The molecule has 0 bridgehead atoms. The maximum Gasteiger partial charge on any atom is 0.338 e. The predicted octanol–water partition coefficient (Wildman–Crippen LogP) is 5.54. The zero-order valence-electron chi connectivity index (χ0n) is 16.7. The number of ether oxygens (including phenoxy) is 2. The first-order chi connectivity index (χ1) is 13.9. The number of aryl methyl sites for hydroxylation is 1. The third kappa shape index (κ3) is 5.97. The molecule has 1 amide bonds. The molecule has 1 fully saturated rings. The van der Waals surface area contributed by atoms with Crippen LogP contribution in [0.4, 0.5) is 5.69 Å². The first-order valence-corrected chi connectivity index (χ1v) is 10.3. The highest BCUT2D eigenvalue weighted by molar-refractivity contribution is 6.31. The van der Waals surface area contributed by atoms with E-state index in [4.69, 9.17) is 21.1 Å². The van der Waals surface area contributed by atoms with Gasteiger partial charge in [-0.05, 0) is 87.6 Å². The Bertz CT molecular complexity index is 860. The summed E-state index contributed by atoms with van der Waals surface area (Å²) in [6.45, 7) is 3.55. The minimum atomic E-state index is -0.688. The van der Waals surface area contributed by atoms with Gasteiger partial charge in [0.15, 0.2) is 6.10 Å². The van der Waals surface area contributed by atoms with E-state index >= 15 is 0 Å². The molecule has 1 atom stereocenters. The topological polar surface area (TPSA) is 64.6 Å². The number of nitrogens with one attached hydrogen (secondary N) is 1. The van der Waals surface area contributed by atoms with Crippen molar-refractivity contribution in [1.82, 2.24) is 0 Å². The molecule has 0 aliphatic heterocycles. The number of benzene rings is 2. The highest BCUT2D eigenvalue weighted by Gasteiger charge is 2.19. The van der Waals surface area contributed by atoms with Crippen LogP contribution in [0.25, 0.3) is 0 Å². The zero-order chi connectivity index (χ0) is 20.8. The van der Waals surface area contributed by atoms with Gasteiger partial charge in [0.2, 0.25) is 0 Å². The summed E-state index contributed by atoms with van der Waals surface area (Å²) in [5, 5.41) is 3.44. The molecular weight excluding hydrogens is 390 g/mol. The lowest BCUT2D eigenvalue weighted by molar-refractivity contribution is -0.122. The van der Waals surface area contributed by atoms with Gasteiger partial charge in [-0.15, -0.1) is 0 Å². The van der Waals surface area contributed by atoms with E-state index in [-0.39, 0.29) is 18.0 Å². The molecular formula is C23H26ClNO4. The Hall–Kier alpha value is -2.53. The van der Waals surface area contributed by atoms with Crippen LogP contribution in [-0.4, -0.2) is 24.1 Å². The molecule has 1 aliphatic rings. The molecule has 0 radical (unpaired) electrons. The summed E-state index contributed by atoms with van der Waals surface area (Å²) in [4.78, 5) is 24.7. The number of amides is 1. The molecule has 1 saturated carbocycles.